The normalized spacial score (nSPS) is 11.2. The van der Waals surface area contributed by atoms with Gasteiger partial charge in [-0.1, -0.05) is 23.4 Å². The Labute approximate surface area is 90.5 Å². The van der Waals surface area contributed by atoms with E-state index >= 15 is 0 Å². The molecule has 0 amide bonds. The van der Waals surface area contributed by atoms with Gasteiger partial charge in [-0.25, -0.2) is 4.52 Å². The van der Waals surface area contributed by atoms with E-state index in [2.05, 4.69) is 15.5 Å². The average Bonchev–Trinajstić information content (AvgIpc) is 2.82. The highest BCUT2D eigenvalue weighted by molar-refractivity contribution is 5.95. The average molecular weight is 214 g/mol. The molecule has 3 aromatic rings. The fourth-order valence-electron chi connectivity index (χ4n) is 1.98. The summed E-state index contributed by atoms with van der Waals surface area (Å²) in [6.07, 6.45) is 0.392. The molecule has 2 heterocycles. The Kier molecular flexibility index (Phi) is 1.70. The molecule has 0 aliphatic rings. The van der Waals surface area contributed by atoms with E-state index in [1.807, 2.05) is 24.3 Å². The Morgan fingerprint density at radius 1 is 1.44 bits per heavy atom. The number of para-hydroxylation sites is 1. The molecule has 0 aliphatic carbocycles. The second kappa shape index (κ2) is 3.06. The van der Waals surface area contributed by atoms with Gasteiger partial charge in [0.25, 0.3) is 0 Å². The first-order chi connectivity index (χ1) is 7.77. The van der Waals surface area contributed by atoms with Gasteiger partial charge in [0, 0.05) is 17.4 Å². The van der Waals surface area contributed by atoms with Crippen LogP contribution in [0.3, 0.4) is 0 Å². The van der Waals surface area contributed by atoms with Gasteiger partial charge in [0.05, 0.1) is 11.4 Å². The summed E-state index contributed by atoms with van der Waals surface area (Å²) in [5, 5.41) is 19.0. The molecule has 6 heteroatoms. The van der Waals surface area contributed by atoms with Crippen LogP contribution in [0.5, 0.6) is 0 Å². The molecular formula is C10H10N6. The van der Waals surface area contributed by atoms with Crippen molar-refractivity contribution < 1.29 is 0 Å². The molecule has 0 unspecified atom stereocenters. The summed E-state index contributed by atoms with van der Waals surface area (Å²) < 4.78 is 1.80. The van der Waals surface area contributed by atoms with Crippen molar-refractivity contribution in [2.24, 2.45) is 5.73 Å². The van der Waals surface area contributed by atoms with Crippen LogP contribution in [0.4, 0.5) is 0 Å². The Morgan fingerprint density at radius 2 is 2.25 bits per heavy atom. The molecular weight excluding hydrogens is 204 g/mol. The predicted octanol–water partition coefficient (Wildman–Crippen LogP) is 0.689. The number of aromatic nitrogens is 4. The zero-order chi connectivity index (χ0) is 11.1. The minimum atomic E-state index is 0.126. The van der Waals surface area contributed by atoms with Crippen LogP contribution in [0, 0.1) is 5.41 Å². The summed E-state index contributed by atoms with van der Waals surface area (Å²) in [5.41, 5.74) is 8.12. The molecule has 0 saturated carbocycles. The molecule has 0 fully saturated rings. The van der Waals surface area contributed by atoms with Crippen molar-refractivity contribution in [3.05, 3.63) is 29.8 Å². The van der Waals surface area contributed by atoms with E-state index in [0.717, 1.165) is 22.1 Å². The number of nitrogens with one attached hydrogen (secondary N) is 2. The standard InChI is InChI=1S/C10H10N6/c11-9(12)5-7-6-3-1-2-4-8(6)16-10(7)13-14-15-16/h1-4H,5H2,(H3,11,12)(H,13,15). The summed E-state index contributed by atoms with van der Waals surface area (Å²) in [6, 6.07) is 7.88. The van der Waals surface area contributed by atoms with E-state index in [1.54, 1.807) is 4.52 Å². The topological polar surface area (TPSA) is 95.8 Å². The molecule has 4 N–H and O–H groups in total. The summed E-state index contributed by atoms with van der Waals surface area (Å²) in [6.45, 7) is 0. The molecule has 1 aromatic carbocycles. The van der Waals surface area contributed by atoms with E-state index < -0.39 is 0 Å². The van der Waals surface area contributed by atoms with Crippen molar-refractivity contribution in [1.82, 2.24) is 20.0 Å². The molecule has 0 saturated heterocycles. The Hall–Kier alpha value is -2.37. The first kappa shape index (κ1) is 8.90. The Bertz CT molecular complexity index is 677. The Balaban J connectivity index is 2.42. The van der Waals surface area contributed by atoms with Crippen LogP contribution >= 0.6 is 0 Å². The van der Waals surface area contributed by atoms with E-state index in [1.165, 1.54) is 0 Å². The maximum absolute atomic E-state index is 7.38. The van der Waals surface area contributed by atoms with Crippen molar-refractivity contribution in [3.63, 3.8) is 0 Å². The van der Waals surface area contributed by atoms with E-state index in [0.29, 0.717) is 6.42 Å². The number of nitrogens with zero attached hydrogens (tertiary/aromatic N) is 3. The van der Waals surface area contributed by atoms with Gasteiger partial charge < -0.3 is 5.73 Å². The van der Waals surface area contributed by atoms with Crippen molar-refractivity contribution in [1.29, 1.82) is 5.41 Å². The van der Waals surface area contributed by atoms with Crippen LogP contribution in [-0.2, 0) is 6.42 Å². The lowest BCUT2D eigenvalue weighted by atomic mass is 10.1. The third kappa shape index (κ3) is 1.10. The van der Waals surface area contributed by atoms with Crippen LogP contribution < -0.4 is 5.73 Å². The first-order valence-electron chi connectivity index (χ1n) is 4.89. The maximum atomic E-state index is 7.38. The number of nitrogens with two attached hydrogens (primary N) is 1. The zero-order valence-electron chi connectivity index (χ0n) is 8.44. The predicted molar refractivity (Wildman–Crippen MR) is 60.5 cm³/mol. The quantitative estimate of drug-likeness (QED) is 0.432. The van der Waals surface area contributed by atoms with Crippen molar-refractivity contribution in [2.75, 3.05) is 0 Å². The molecule has 16 heavy (non-hydrogen) atoms. The van der Waals surface area contributed by atoms with Gasteiger partial charge in [0.15, 0.2) is 5.65 Å². The van der Waals surface area contributed by atoms with Gasteiger partial charge in [0.1, 0.15) is 0 Å². The van der Waals surface area contributed by atoms with Crippen molar-refractivity contribution >= 4 is 22.4 Å². The Morgan fingerprint density at radius 3 is 3.06 bits per heavy atom. The van der Waals surface area contributed by atoms with Gasteiger partial charge >= 0.3 is 0 Å². The highest BCUT2D eigenvalue weighted by Crippen LogP contribution is 2.24. The number of benzene rings is 1. The fraction of sp³-hybridized carbons (Fsp3) is 0.100. The van der Waals surface area contributed by atoms with Crippen LogP contribution in [0.15, 0.2) is 24.3 Å². The van der Waals surface area contributed by atoms with Crippen LogP contribution in [0.1, 0.15) is 5.56 Å². The van der Waals surface area contributed by atoms with Crippen molar-refractivity contribution in [2.45, 2.75) is 6.42 Å². The van der Waals surface area contributed by atoms with Crippen LogP contribution in [-0.4, -0.2) is 25.9 Å². The number of fused-ring (bicyclic) bond motifs is 3. The largest absolute Gasteiger partial charge is 0.387 e. The number of rotatable bonds is 2. The van der Waals surface area contributed by atoms with Gasteiger partial charge in [-0.3, -0.25) is 5.41 Å². The van der Waals surface area contributed by atoms with Gasteiger partial charge in [-0.15, -0.1) is 5.10 Å². The number of aromatic amines is 1. The second-order valence-electron chi connectivity index (χ2n) is 3.66. The number of H-pyrrole nitrogens is 1. The van der Waals surface area contributed by atoms with E-state index in [4.69, 9.17) is 11.1 Å². The highest BCUT2D eigenvalue weighted by Gasteiger charge is 2.14. The summed E-state index contributed by atoms with van der Waals surface area (Å²) in [5.74, 6) is 0.126. The third-order valence-electron chi connectivity index (χ3n) is 2.61. The lowest BCUT2D eigenvalue weighted by Crippen LogP contribution is -2.12. The summed E-state index contributed by atoms with van der Waals surface area (Å²) in [7, 11) is 0. The van der Waals surface area contributed by atoms with Crippen molar-refractivity contribution in [3.8, 4) is 0 Å². The zero-order valence-corrected chi connectivity index (χ0v) is 8.44. The number of amidine groups is 1. The molecule has 2 aromatic heterocycles. The lowest BCUT2D eigenvalue weighted by molar-refractivity contribution is 0.843. The first-order valence-corrected chi connectivity index (χ1v) is 4.89. The SMILES string of the molecule is N=C(N)Cc1c2ccccc2n2[nH]nnc12. The molecule has 0 radical (unpaired) electrons. The third-order valence-corrected chi connectivity index (χ3v) is 2.61. The molecule has 0 atom stereocenters. The molecule has 6 nitrogen and oxygen atoms in total. The monoisotopic (exact) mass is 214 g/mol. The molecule has 0 bridgehead atoms. The van der Waals surface area contributed by atoms with Gasteiger partial charge in [-0.05, 0) is 6.07 Å². The number of hydrogen-bond acceptors (Lipinski definition) is 3. The molecule has 0 spiro atoms. The van der Waals surface area contributed by atoms with Crippen LogP contribution in [0.25, 0.3) is 16.6 Å². The highest BCUT2D eigenvalue weighted by atomic mass is 15.5. The maximum Gasteiger partial charge on any atom is 0.181 e. The summed E-state index contributed by atoms with van der Waals surface area (Å²) in [4.78, 5) is 0. The molecule has 80 valence electrons. The molecule has 0 aliphatic heterocycles. The van der Waals surface area contributed by atoms with Crippen LogP contribution in [0.2, 0.25) is 0 Å². The minimum absolute atomic E-state index is 0.126. The van der Waals surface area contributed by atoms with Gasteiger partial charge in [-0.2, -0.15) is 5.21 Å². The fourth-order valence-corrected chi connectivity index (χ4v) is 1.98. The number of tetrazole rings is 1. The van der Waals surface area contributed by atoms with E-state index in [9.17, 15) is 0 Å². The smallest absolute Gasteiger partial charge is 0.181 e. The number of hydrogen-bond donors (Lipinski definition) is 3. The second-order valence-corrected chi connectivity index (χ2v) is 3.66. The lowest BCUT2D eigenvalue weighted by Gasteiger charge is -1.95. The summed E-state index contributed by atoms with van der Waals surface area (Å²) >= 11 is 0. The van der Waals surface area contributed by atoms with E-state index in [-0.39, 0.29) is 5.84 Å². The van der Waals surface area contributed by atoms with Gasteiger partial charge in [0.2, 0.25) is 0 Å². The minimum Gasteiger partial charge on any atom is -0.387 e. The molecule has 3 rings (SSSR count).